The maximum absolute atomic E-state index is 11.5. The van der Waals surface area contributed by atoms with Crippen molar-refractivity contribution in [2.24, 2.45) is 0 Å². The number of benzene rings is 1. The van der Waals surface area contributed by atoms with Gasteiger partial charge in [0.25, 0.3) is 5.91 Å². The van der Waals surface area contributed by atoms with Crippen LogP contribution in [-0.4, -0.2) is 31.8 Å². The number of nitrogens with one attached hydrogen (secondary N) is 1. The van der Waals surface area contributed by atoms with Crippen molar-refractivity contribution in [1.29, 1.82) is 0 Å². The van der Waals surface area contributed by atoms with Gasteiger partial charge in [-0.1, -0.05) is 12.1 Å². The van der Waals surface area contributed by atoms with E-state index in [0.29, 0.717) is 18.6 Å². The van der Waals surface area contributed by atoms with E-state index in [2.05, 4.69) is 17.4 Å². The number of rotatable bonds is 4. The molecule has 4 nitrogen and oxygen atoms in total. The molecule has 2 fully saturated rings. The van der Waals surface area contributed by atoms with Crippen molar-refractivity contribution < 1.29 is 14.3 Å². The van der Waals surface area contributed by atoms with Crippen LogP contribution in [0.4, 0.5) is 0 Å². The topological polar surface area (TPSA) is 50.9 Å². The minimum absolute atomic E-state index is 0.0455. The average molecular weight is 247 g/mol. The molecular formula is C14H17NO3. The van der Waals surface area contributed by atoms with Crippen LogP contribution in [0.5, 0.6) is 5.75 Å². The Bertz CT molecular complexity index is 450. The van der Waals surface area contributed by atoms with Crippen molar-refractivity contribution in [3.05, 3.63) is 29.8 Å². The van der Waals surface area contributed by atoms with E-state index in [0.717, 1.165) is 18.6 Å². The molecular weight excluding hydrogens is 230 g/mol. The first-order chi connectivity index (χ1) is 8.76. The first-order valence-electron chi connectivity index (χ1n) is 6.32. The Morgan fingerprint density at radius 2 is 2.22 bits per heavy atom. The lowest BCUT2D eigenvalue weighted by Crippen LogP contribution is -2.45. The van der Waals surface area contributed by atoms with E-state index in [9.17, 15) is 4.79 Å². The van der Waals surface area contributed by atoms with Crippen LogP contribution in [0.15, 0.2) is 24.3 Å². The molecule has 1 saturated carbocycles. The molecule has 1 N–H and O–H groups in total. The Labute approximate surface area is 106 Å². The second-order valence-corrected chi connectivity index (χ2v) is 4.97. The molecule has 0 aromatic heterocycles. The maximum Gasteiger partial charge on any atom is 0.251 e. The molecule has 1 heterocycles. The van der Waals surface area contributed by atoms with Gasteiger partial charge in [0.15, 0.2) is 6.10 Å². The van der Waals surface area contributed by atoms with Gasteiger partial charge in [-0.25, -0.2) is 0 Å². The first kappa shape index (κ1) is 11.5. The van der Waals surface area contributed by atoms with Crippen LogP contribution in [0.3, 0.4) is 0 Å². The van der Waals surface area contributed by atoms with Gasteiger partial charge in [-0.2, -0.15) is 0 Å². The quantitative estimate of drug-likeness (QED) is 0.819. The lowest BCUT2D eigenvalue weighted by atomic mass is 9.76. The van der Waals surface area contributed by atoms with E-state index < -0.39 is 0 Å². The lowest BCUT2D eigenvalue weighted by molar-refractivity contribution is -0.123. The third kappa shape index (κ3) is 2.34. The molecule has 1 aliphatic carbocycles. The molecule has 18 heavy (non-hydrogen) atoms. The fourth-order valence-corrected chi connectivity index (χ4v) is 2.40. The number of epoxide rings is 1. The summed E-state index contributed by atoms with van der Waals surface area (Å²) in [5, 5.41) is 3.01. The molecule has 1 unspecified atom stereocenters. The maximum atomic E-state index is 11.5. The van der Waals surface area contributed by atoms with Crippen molar-refractivity contribution in [2.75, 3.05) is 13.7 Å². The highest BCUT2D eigenvalue weighted by molar-refractivity contribution is 5.83. The minimum atomic E-state index is -0.180. The average Bonchev–Trinajstić information content (AvgIpc) is 3.17. The molecule has 3 rings (SSSR count). The third-order valence-corrected chi connectivity index (χ3v) is 3.68. The largest absolute Gasteiger partial charge is 0.497 e. The zero-order valence-electron chi connectivity index (χ0n) is 10.4. The molecule has 1 amide bonds. The highest BCUT2D eigenvalue weighted by Crippen LogP contribution is 2.38. The third-order valence-electron chi connectivity index (χ3n) is 3.68. The number of ether oxygens (including phenoxy) is 2. The summed E-state index contributed by atoms with van der Waals surface area (Å²) in [6.07, 6.45) is 1.83. The number of hydrogen-bond acceptors (Lipinski definition) is 3. The molecule has 1 saturated heterocycles. The Morgan fingerprint density at radius 1 is 1.44 bits per heavy atom. The summed E-state index contributed by atoms with van der Waals surface area (Å²) in [6.45, 7) is 0.581. The fraction of sp³-hybridized carbons (Fsp3) is 0.500. The fourth-order valence-electron chi connectivity index (χ4n) is 2.40. The monoisotopic (exact) mass is 247 g/mol. The van der Waals surface area contributed by atoms with Gasteiger partial charge in [0.1, 0.15) is 5.75 Å². The minimum Gasteiger partial charge on any atom is -0.497 e. The zero-order valence-corrected chi connectivity index (χ0v) is 10.4. The van der Waals surface area contributed by atoms with Gasteiger partial charge in [-0.3, -0.25) is 4.79 Å². The van der Waals surface area contributed by atoms with Gasteiger partial charge < -0.3 is 14.8 Å². The van der Waals surface area contributed by atoms with Crippen LogP contribution < -0.4 is 10.1 Å². The Morgan fingerprint density at radius 3 is 2.89 bits per heavy atom. The molecule has 1 atom stereocenters. The predicted molar refractivity (Wildman–Crippen MR) is 66.6 cm³/mol. The molecule has 4 heteroatoms. The van der Waals surface area contributed by atoms with E-state index in [-0.39, 0.29) is 12.0 Å². The highest BCUT2D eigenvalue weighted by Gasteiger charge is 2.37. The van der Waals surface area contributed by atoms with Crippen LogP contribution >= 0.6 is 0 Å². The van der Waals surface area contributed by atoms with Crippen LogP contribution in [0, 0.1) is 0 Å². The van der Waals surface area contributed by atoms with Crippen molar-refractivity contribution in [2.45, 2.75) is 30.9 Å². The van der Waals surface area contributed by atoms with Gasteiger partial charge in [0.2, 0.25) is 0 Å². The molecule has 0 spiro atoms. The van der Waals surface area contributed by atoms with Crippen LogP contribution in [-0.2, 0) is 9.53 Å². The number of carbonyl (C=O) groups excluding carboxylic acids is 1. The van der Waals surface area contributed by atoms with Gasteiger partial charge in [-0.15, -0.1) is 0 Å². The number of hydrogen-bond donors (Lipinski definition) is 1. The molecule has 2 aliphatic rings. The van der Waals surface area contributed by atoms with Gasteiger partial charge in [-0.05, 0) is 36.5 Å². The lowest BCUT2D eigenvalue weighted by Gasteiger charge is -2.36. The summed E-state index contributed by atoms with van der Waals surface area (Å²) in [5.41, 5.74) is 1.29. The van der Waals surface area contributed by atoms with Gasteiger partial charge in [0.05, 0.1) is 13.7 Å². The van der Waals surface area contributed by atoms with Crippen LogP contribution in [0.2, 0.25) is 0 Å². The molecule has 1 aliphatic heterocycles. The standard InChI is InChI=1S/C14H17NO3/c1-17-12-4-2-3-9(7-12)10-5-11(6-10)15-14(16)13-8-18-13/h2-4,7,10-11,13H,5-6,8H2,1H3,(H,15,16). The van der Waals surface area contributed by atoms with Crippen LogP contribution in [0.1, 0.15) is 24.3 Å². The summed E-state index contributed by atoms with van der Waals surface area (Å²) in [4.78, 5) is 11.5. The summed E-state index contributed by atoms with van der Waals surface area (Å²) in [7, 11) is 1.68. The summed E-state index contributed by atoms with van der Waals surface area (Å²) >= 11 is 0. The predicted octanol–water partition coefficient (Wildman–Crippen LogP) is 1.46. The highest BCUT2D eigenvalue weighted by atomic mass is 16.6. The Balaban J connectivity index is 1.52. The Hall–Kier alpha value is -1.55. The van der Waals surface area contributed by atoms with Crippen molar-refractivity contribution in [1.82, 2.24) is 5.32 Å². The molecule has 1 aromatic carbocycles. The smallest absolute Gasteiger partial charge is 0.251 e. The summed E-state index contributed by atoms with van der Waals surface area (Å²) in [5.74, 6) is 1.47. The van der Waals surface area contributed by atoms with E-state index in [1.54, 1.807) is 7.11 Å². The SMILES string of the molecule is COc1cccc(C2CC(NC(=O)C3CO3)C2)c1. The Kier molecular flexibility index (Phi) is 2.96. The molecule has 96 valence electrons. The molecule has 1 aromatic rings. The van der Waals surface area contributed by atoms with Crippen molar-refractivity contribution >= 4 is 5.91 Å². The second-order valence-electron chi connectivity index (χ2n) is 4.97. The van der Waals surface area contributed by atoms with E-state index >= 15 is 0 Å². The summed E-state index contributed by atoms with van der Waals surface area (Å²) in [6, 6.07) is 8.46. The van der Waals surface area contributed by atoms with E-state index in [4.69, 9.17) is 9.47 Å². The van der Waals surface area contributed by atoms with Crippen molar-refractivity contribution in [3.63, 3.8) is 0 Å². The molecule has 0 radical (unpaired) electrons. The zero-order chi connectivity index (χ0) is 12.5. The number of carbonyl (C=O) groups is 1. The van der Waals surface area contributed by atoms with E-state index in [1.807, 2.05) is 12.1 Å². The van der Waals surface area contributed by atoms with Crippen LogP contribution in [0.25, 0.3) is 0 Å². The first-order valence-corrected chi connectivity index (χ1v) is 6.32. The van der Waals surface area contributed by atoms with E-state index in [1.165, 1.54) is 5.56 Å². The van der Waals surface area contributed by atoms with Gasteiger partial charge in [0, 0.05) is 6.04 Å². The molecule has 0 bridgehead atoms. The summed E-state index contributed by atoms with van der Waals surface area (Å²) < 4.78 is 10.2. The number of methoxy groups -OCH3 is 1. The second kappa shape index (κ2) is 4.61. The number of amides is 1. The normalized spacial score (nSPS) is 29.3. The van der Waals surface area contributed by atoms with Crippen molar-refractivity contribution in [3.8, 4) is 5.75 Å². The van der Waals surface area contributed by atoms with Gasteiger partial charge >= 0.3 is 0 Å².